The standard InChI is InChI=1S/C22H29N3O2/c1-16-6-11-22(27-16)20-9-7-19(8-10-20)14-25(12-13-26-5)15-21-17(2)23-24(4)18(21)3/h6-11H,12-15H2,1-5H3. The van der Waals surface area contributed by atoms with E-state index in [0.29, 0.717) is 6.61 Å². The van der Waals surface area contributed by atoms with Crippen molar-refractivity contribution in [2.45, 2.75) is 33.9 Å². The Bertz CT molecular complexity index is 878. The first-order valence-electron chi connectivity index (χ1n) is 9.34. The highest BCUT2D eigenvalue weighted by Crippen LogP contribution is 2.23. The predicted molar refractivity (Wildman–Crippen MR) is 108 cm³/mol. The summed E-state index contributed by atoms with van der Waals surface area (Å²) < 4.78 is 13.0. The Labute approximate surface area is 161 Å². The average Bonchev–Trinajstić information content (AvgIpc) is 3.18. The quantitative estimate of drug-likeness (QED) is 0.597. The summed E-state index contributed by atoms with van der Waals surface area (Å²) in [5.74, 6) is 1.85. The minimum Gasteiger partial charge on any atom is -0.461 e. The molecule has 0 atom stereocenters. The van der Waals surface area contributed by atoms with E-state index in [1.165, 1.54) is 16.8 Å². The highest BCUT2D eigenvalue weighted by atomic mass is 16.5. The number of nitrogens with zero attached hydrogens (tertiary/aromatic N) is 3. The average molecular weight is 367 g/mol. The van der Waals surface area contributed by atoms with E-state index in [-0.39, 0.29) is 0 Å². The van der Waals surface area contributed by atoms with Gasteiger partial charge >= 0.3 is 0 Å². The zero-order valence-corrected chi connectivity index (χ0v) is 17.0. The Kier molecular flexibility index (Phi) is 6.14. The molecule has 1 aromatic carbocycles. The predicted octanol–water partition coefficient (Wildman–Crippen LogP) is 4.25. The van der Waals surface area contributed by atoms with Gasteiger partial charge in [0, 0.05) is 50.6 Å². The Morgan fingerprint density at radius 2 is 1.78 bits per heavy atom. The molecule has 0 saturated heterocycles. The maximum atomic E-state index is 5.72. The second kappa shape index (κ2) is 8.55. The van der Waals surface area contributed by atoms with Crippen LogP contribution in [0.1, 0.15) is 28.3 Å². The number of aromatic nitrogens is 2. The zero-order chi connectivity index (χ0) is 19.4. The van der Waals surface area contributed by atoms with Crippen LogP contribution in [0.4, 0.5) is 0 Å². The van der Waals surface area contributed by atoms with Crippen molar-refractivity contribution in [3.8, 4) is 11.3 Å². The lowest BCUT2D eigenvalue weighted by Crippen LogP contribution is -2.27. The van der Waals surface area contributed by atoms with E-state index in [0.717, 1.165) is 42.4 Å². The van der Waals surface area contributed by atoms with Gasteiger partial charge in [0.05, 0.1) is 12.3 Å². The zero-order valence-electron chi connectivity index (χ0n) is 17.0. The highest BCUT2D eigenvalue weighted by molar-refractivity contribution is 5.57. The number of hydrogen-bond donors (Lipinski definition) is 0. The van der Waals surface area contributed by atoms with Crippen LogP contribution in [0.15, 0.2) is 40.8 Å². The van der Waals surface area contributed by atoms with E-state index in [2.05, 4.69) is 48.1 Å². The van der Waals surface area contributed by atoms with Crippen molar-refractivity contribution < 1.29 is 9.15 Å². The van der Waals surface area contributed by atoms with Gasteiger partial charge in [-0.2, -0.15) is 5.10 Å². The lowest BCUT2D eigenvalue weighted by molar-refractivity contribution is 0.140. The summed E-state index contributed by atoms with van der Waals surface area (Å²) in [5, 5.41) is 4.55. The normalized spacial score (nSPS) is 11.5. The van der Waals surface area contributed by atoms with E-state index >= 15 is 0 Å². The Morgan fingerprint density at radius 3 is 2.33 bits per heavy atom. The Hall–Kier alpha value is -2.37. The molecule has 2 aromatic heterocycles. The van der Waals surface area contributed by atoms with Crippen LogP contribution in [-0.4, -0.2) is 34.9 Å². The molecule has 5 nitrogen and oxygen atoms in total. The largest absolute Gasteiger partial charge is 0.461 e. The van der Waals surface area contributed by atoms with Crippen LogP contribution in [0.3, 0.4) is 0 Å². The minimum atomic E-state index is 0.710. The third-order valence-electron chi connectivity index (χ3n) is 5.04. The molecule has 0 bridgehead atoms. The molecule has 0 fully saturated rings. The topological polar surface area (TPSA) is 43.4 Å². The molecule has 3 aromatic rings. The lowest BCUT2D eigenvalue weighted by Gasteiger charge is -2.22. The smallest absolute Gasteiger partial charge is 0.134 e. The third kappa shape index (κ3) is 4.67. The molecule has 0 amide bonds. The summed E-state index contributed by atoms with van der Waals surface area (Å²) in [6, 6.07) is 12.6. The molecule has 0 aliphatic carbocycles. The number of rotatable bonds is 8. The molecule has 0 aliphatic heterocycles. The number of aryl methyl sites for hydroxylation is 3. The van der Waals surface area contributed by atoms with Crippen LogP contribution in [0.2, 0.25) is 0 Å². The summed E-state index contributed by atoms with van der Waals surface area (Å²) in [5.41, 5.74) is 6.00. The van der Waals surface area contributed by atoms with Crippen molar-refractivity contribution in [2.24, 2.45) is 7.05 Å². The fourth-order valence-electron chi connectivity index (χ4n) is 3.33. The second-order valence-corrected chi connectivity index (χ2v) is 7.08. The SMILES string of the molecule is COCCN(Cc1ccc(-c2ccc(C)o2)cc1)Cc1c(C)nn(C)c1C. The fraction of sp³-hybridized carbons (Fsp3) is 0.409. The van der Waals surface area contributed by atoms with Crippen LogP contribution in [-0.2, 0) is 24.9 Å². The first kappa shape index (κ1) is 19.4. The van der Waals surface area contributed by atoms with Gasteiger partial charge in [-0.05, 0) is 38.5 Å². The molecule has 0 aliphatic rings. The molecular weight excluding hydrogens is 338 g/mol. The fourth-order valence-corrected chi connectivity index (χ4v) is 3.33. The van der Waals surface area contributed by atoms with E-state index in [1.54, 1.807) is 7.11 Å². The Balaban J connectivity index is 1.74. The van der Waals surface area contributed by atoms with Crippen LogP contribution < -0.4 is 0 Å². The van der Waals surface area contributed by atoms with Crippen LogP contribution in [0.25, 0.3) is 11.3 Å². The van der Waals surface area contributed by atoms with Crippen LogP contribution in [0.5, 0.6) is 0 Å². The molecule has 27 heavy (non-hydrogen) atoms. The first-order chi connectivity index (χ1) is 13.0. The molecule has 0 unspecified atom stereocenters. The highest BCUT2D eigenvalue weighted by Gasteiger charge is 2.14. The van der Waals surface area contributed by atoms with Crippen LogP contribution >= 0.6 is 0 Å². The van der Waals surface area contributed by atoms with Gasteiger partial charge in [-0.25, -0.2) is 0 Å². The molecule has 0 radical (unpaired) electrons. The molecule has 0 saturated carbocycles. The van der Waals surface area contributed by atoms with Gasteiger partial charge in [-0.15, -0.1) is 0 Å². The maximum Gasteiger partial charge on any atom is 0.134 e. The molecule has 2 heterocycles. The van der Waals surface area contributed by atoms with Crippen molar-refractivity contribution in [3.63, 3.8) is 0 Å². The van der Waals surface area contributed by atoms with E-state index in [9.17, 15) is 0 Å². The van der Waals surface area contributed by atoms with Gasteiger partial charge in [-0.3, -0.25) is 9.58 Å². The molecule has 0 N–H and O–H groups in total. The third-order valence-corrected chi connectivity index (χ3v) is 5.04. The van der Waals surface area contributed by atoms with Gasteiger partial charge in [0.1, 0.15) is 11.5 Å². The molecule has 0 spiro atoms. The molecular formula is C22H29N3O2. The van der Waals surface area contributed by atoms with Gasteiger partial charge < -0.3 is 9.15 Å². The summed E-state index contributed by atoms with van der Waals surface area (Å²) in [6.45, 7) is 9.50. The van der Waals surface area contributed by atoms with Crippen molar-refractivity contribution in [2.75, 3.05) is 20.3 Å². The molecule has 5 heteroatoms. The van der Waals surface area contributed by atoms with Crippen molar-refractivity contribution in [3.05, 3.63) is 64.7 Å². The number of ether oxygens (including phenoxy) is 1. The van der Waals surface area contributed by atoms with E-state index < -0.39 is 0 Å². The summed E-state index contributed by atoms with van der Waals surface area (Å²) in [6.07, 6.45) is 0. The van der Waals surface area contributed by atoms with Gasteiger partial charge in [0.2, 0.25) is 0 Å². The number of furan rings is 1. The summed E-state index contributed by atoms with van der Waals surface area (Å²) in [4.78, 5) is 2.41. The van der Waals surface area contributed by atoms with Crippen molar-refractivity contribution >= 4 is 0 Å². The number of methoxy groups -OCH3 is 1. The summed E-state index contributed by atoms with van der Waals surface area (Å²) >= 11 is 0. The first-order valence-corrected chi connectivity index (χ1v) is 9.34. The lowest BCUT2D eigenvalue weighted by atomic mass is 10.1. The summed E-state index contributed by atoms with van der Waals surface area (Å²) in [7, 11) is 3.75. The molecule has 3 rings (SSSR count). The maximum absolute atomic E-state index is 5.72. The Morgan fingerprint density at radius 1 is 1.04 bits per heavy atom. The molecule has 144 valence electrons. The monoisotopic (exact) mass is 367 g/mol. The van der Waals surface area contributed by atoms with Crippen molar-refractivity contribution in [1.82, 2.24) is 14.7 Å². The number of hydrogen-bond acceptors (Lipinski definition) is 4. The number of benzene rings is 1. The second-order valence-electron chi connectivity index (χ2n) is 7.08. The minimum absolute atomic E-state index is 0.710. The van der Waals surface area contributed by atoms with Gasteiger partial charge in [0.15, 0.2) is 0 Å². The van der Waals surface area contributed by atoms with Gasteiger partial charge in [0.25, 0.3) is 0 Å². The van der Waals surface area contributed by atoms with E-state index in [4.69, 9.17) is 9.15 Å². The van der Waals surface area contributed by atoms with Gasteiger partial charge in [-0.1, -0.05) is 24.3 Å². The van der Waals surface area contributed by atoms with E-state index in [1.807, 2.05) is 30.8 Å². The van der Waals surface area contributed by atoms with Crippen LogP contribution in [0, 0.1) is 20.8 Å². The van der Waals surface area contributed by atoms with Crippen molar-refractivity contribution in [1.29, 1.82) is 0 Å².